The van der Waals surface area contributed by atoms with Gasteiger partial charge in [-0.1, -0.05) is 41.5 Å². The Morgan fingerprint density at radius 1 is 1.00 bits per heavy atom. The van der Waals surface area contributed by atoms with Crippen LogP contribution in [0.25, 0.3) is 0 Å². The molecule has 0 fully saturated rings. The molecular formula is C13H26O2. The predicted octanol–water partition coefficient (Wildman–Crippen LogP) is 3.44. The first kappa shape index (κ1) is 14.6. The van der Waals surface area contributed by atoms with Crippen LogP contribution in [0.5, 0.6) is 0 Å². The molecule has 0 bridgehead atoms. The molecule has 0 heterocycles. The van der Waals surface area contributed by atoms with Crippen molar-refractivity contribution < 1.29 is 9.53 Å². The Hall–Kier alpha value is -0.370. The lowest BCUT2D eigenvalue weighted by Crippen LogP contribution is -2.21. The smallest absolute Gasteiger partial charge is 0.140 e. The summed E-state index contributed by atoms with van der Waals surface area (Å²) >= 11 is 0. The molecule has 2 heteroatoms. The Morgan fingerprint density at radius 2 is 1.53 bits per heavy atom. The van der Waals surface area contributed by atoms with Crippen molar-refractivity contribution in [3.63, 3.8) is 0 Å². The highest BCUT2D eigenvalue weighted by Gasteiger charge is 2.20. The van der Waals surface area contributed by atoms with Crippen LogP contribution < -0.4 is 0 Å². The van der Waals surface area contributed by atoms with Crippen molar-refractivity contribution in [3.05, 3.63) is 0 Å². The van der Waals surface area contributed by atoms with E-state index in [-0.39, 0.29) is 11.2 Å². The highest BCUT2D eigenvalue weighted by Crippen LogP contribution is 2.19. The second kappa shape index (κ2) is 5.64. The molecule has 15 heavy (non-hydrogen) atoms. The van der Waals surface area contributed by atoms with E-state index in [1.54, 1.807) is 0 Å². The number of Topliss-reactive ketones (excluding diaryl/α,β-unsaturated/α-hetero) is 1. The molecule has 0 radical (unpaired) electrons. The summed E-state index contributed by atoms with van der Waals surface area (Å²) in [6.07, 6.45) is 1.57. The van der Waals surface area contributed by atoms with Crippen molar-refractivity contribution in [2.75, 3.05) is 13.2 Å². The predicted molar refractivity (Wildman–Crippen MR) is 64.0 cm³/mol. The van der Waals surface area contributed by atoms with Crippen molar-refractivity contribution in [1.29, 1.82) is 0 Å². The van der Waals surface area contributed by atoms with Crippen LogP contribution in [0.3, 0.4) is 0 Å². The first-order chi connectivity index (χ1) is 6.63. The van der Waals surface area contributed by atoms with Gasteiger partial charge in [0.05, 0.1) is 6.61 Å². The van der Waals surface area contributed by atoms with Gasteiger partial charge in [-0.05, 0) is 11.8 Å². The zero-order valence-electron chi connectivity index (χ0n) is 11.1. The molecule has 0 aromatic rings. The van der Waals surface area contributed by atoms with Gasteiger partial charge in [0, 0.05) is 18.4 Å². The number of hydrogen-bond donors (Lipinski definition) is 0. The maximum Gasteiger partial charge on any atom is 0.140 e. The van der Waals surface area contributed by atoms with Crippen molar-refractivity contribution in [2.24, 2.45) is 10.8 Å². The van der Waals surface area contributed by atoms with Gasteiger partial charge in [0.2, 0.25) is 0 Å². The van der Waals surface area contributed by atoms with E-state index >= 15 is 0 Å². The average molecular weight is 214 g/mol. The molecule has 0 aliphatic rings. The Labute approximate surface area is 94.4 Å². The molecule has 2 nitrogen and oxygen atoms in total. The third-order valence-electron chi connectivity index (χ3n) is 2.31. The monoisotopic (exact) mass is 214 g/mol. The Kier molecular flexibility index (Phi) is 5.50. The topological polar surface area (TPSA) is 26.3 Å². The fourth-order valence-electron chi connectivity index (χ4n) is 1.02. The van der Waals surface area contributed by atoms with E-state index in [0.29, 0.717) is 18.4 Å². The molecule has 0 aromatic carbocycles. The van der Waals surface area contributed by atoms with Gasteiger partial charge >= 0.3 is 0 Å². The quantitative estimate of drug-likeness (QED) is 0.655. The van der Waals surface area contributed by atoms with Crippen LogP contribution >= 0.6 is 0 Å². The second-order valence-electron chi connectivity index (χ2n) is 6.35. The molecule has 0 aliphatic carbocycles. The first-order valence-electron chi connectivity index (χ1n) is 5.74. The summed E-state index contributed by atoms with van der Waals surface area (Å²) in [5.41, 5.74) is 0.0847. The van der Waals surface area contributed by atoms with Crippen molar-refractivity contribution >= 4 is 5.78 Å². The molecular weight excluding hydrogens is 188 g/mol. The summed E-state index contributed by atoms with van der Waals surface area (Å²) in [6, 6.07) is 0. The van der Waals surface area contributed by atoms with Crippen LogP contribution in [-0.4, -0.2) is 19.0 Å². The highest BCUT2D eigenvalue weighted by atomic mass is 16.5. The van der Waals surface area contributed by atoms with E-state index in [1.807, 2.05) is 20.8 Å². The summed E-state index contributed by atoms with van der Waals surface area (Å²) in [4.78, 5) is 11.5. The minimum absolute atomic E-state index is 0.229. The van der Waals surface area contributed by atoms with Gasteiger partial charge in [-0.3, -0.25) is 4.79 Å². The van der Waals surface area contributed by atoms with E-state index in [0.717, 1.165) is 13.0 Å². The van der Waals surface area contributed by atoms with E-state index in [1.165, 1.54) is 0 Å². The van der Waals surface area contributed by atoms with Gasteiger partial charge < -0.3 is 4.74 Å². The number of rotatable bonds is 5. The zero-order valence-corrected chi connectivity index (χ0v) is 11.1. The Balaban J connectivity index is 3.53. The molecule has 0 rings (SSSR count). The molecule has 0 N–H and O–H groups in total. The SMILES string of the molecule is CC(C)(C)CCOCCC(=O)C(C)(C)C. The van der Waals surface area contributed by atoms with Gasteiger partial charge in [0.15, 0.2) is 0 Å². The third-order valence-corrected chi connectivity index (χ3v) is 2.31. The maximum atomic E-state index is 11.5. The number of ketones is 1. The summed E-state index contributed by atoms with van der Waals surface area (Å²) in [5, 5.41) is 0. The number of carbonyl (C=O) groups is 1. The summed E-state index contributed by atoms with van der Waals surface area (Å²) in [6.45, 7) is 13.7. The van der Waals surface area contributed by atoms with Crippen LogP contribution in [0, 0.1) is 10.8 Å². The lowest BCUT2D eigenvalue weighted by molar-refractivity contribution is -0.127. The zero-order chi connectivity index (χ0) is 12.1. The maximum absolute atomic E-state index is 11.5. The van der Waals surface area contributed by atoms with Gasteiger partial charge in [0.1, 0.15) is 5.78 Å². The molecule has 90 valence electrons. The second-order valence-corrected chi connectivity index (χ2v) is 6.35. The van der Waals surface area contributed by atoms with Crippen LogP contribution in [0.2, 0.25) is 0 Å². The summed E-state index contributed by atoms with van der Waals surface area (Å²) in [7, 11) is 0. The molecule has 0 atom stereocenters. The first-order valence-corrected chi connectivity index (χ1v) is 5.74. The normalized spacial score (nSPS) is 12.9. The van der Waals surface area contributed by atoms with Crippen LogP contribution in [0.15, 0.2) is 0 Å². The molecule has 0 saturated heterocycles. The summed E-state index contributed by atoms with van der Waals surface area (Å²) in [5.74, 6) is 0.276. The minimum Gasteiger partial charge on any atom is -0.381 e. The van der Waals surface area contributed by atoms with Crippen LogP contribution in [0.1, 0.15) is 54.4 Å². The van der Waals surface area contributed by atoms with Gasteiger partial charge in [-0.15, -0.1) is 0 Å². The fourth-order valence-corrected chi connectivity index (χ4v) is 1.02. The van der Waals surface area contributed by atoms with Gasteiger partial charge in [0.25, 0.3) is 0 Å². The molecule has 0 aromatic heterocycles. The van der Waals surface area contributed by atoms with Crippen molar-refractivity contribution in [3.8, 4) is 0 Å². The van der Waals surface area contributed by atoms with Crippen molar-refractivity contribution in [1.82, 2.24) is 0 Å². The number of ether oxygens (including phenoxy) is 1. The van der Waals surface area contributed by atoms with Crippen molar-refractivity contribution in [2.45, 2.75) is 54.4 Å². The molecule has 0 aliphatic heterocycles. The Bertz CT molecular complexity index is 194. The number of carbonyl (C=O) groups excluding carboxylic acids is 1. The molecule has 0 saturated carbocycles. The largest absolute Gasteiger partial charge is 0.381 e. The molecule has 0 spiro atoms. The van der Waals surface area contributed by atoms with Crippen LogP contribution in [-0.2, 0) is 9.53 Å². The standard InChI is InChI=1S/C13H26O2/c1-12(2,3)8-10-15-9-7-11(14)13(4,5)6/h7-10H2,1-6H3. The third kappa shape index (κ3) is 8.61. The fraction of sp³-hybridized carbons (Fsp3) is 0.923. The Morgan fingerprint density at radius 3 is 1.93 bits per heavy atom. The van der Waals surface area contributed by atoms with E-state index in [4.69, 9.17) is 4.74 Å². The number of hydrogen-bond acceptors (Lipinski definition) is 2. The van der Waals surface area contributed by atoms with E-state index in [9.17, 15) is 4.79 Å². The van der Waals surface area contributed by atoms with E-state index < -0.39 is 0 Å². The van der Waals surface area contributed by atoms with Crippen LogP contribution in [0.4, 0.5) is 0 Å². The minimum atomic E-state index is -0.229. The molecule has 0 amide bonds. The lowest BCUT2D eigenvalue weighted by Gasteiger charge is -2.19. The van der Waals surface area contributed by atoms with Gasteiger partial charge in [-0.25, -0.2) is 0 Å². The summed E-state index contributed by atoms with van der Waals surface area (Å²) < 4.78 is 5.45. The lowest BCUT2D eigenvalue weighted by atomic mass is 9.89. The average Bonchev–Trinajstić information content (AvgIpc) is 1.99. The molecule has 0 unspecified atom stereocenters. The van der Waals surface area contributed by atoms with Gasteiger partial charge in [-0.2, -0.15) is 0 Å². The highest BCUT2D eigenvalue weighted by molar-refractivity contribution is 5.83. The van der Waals surface area contributed by atoms with E-state index in [2.05, 4.69) is 20.8 Å².